The van der Waals surface area contributed by atoms with E-state index in [1.165, 1.54) is 68.4 Å². The van der Waals surface area contributed by atoms with Crippen molar-refractivity contribution >= 4 is 29.5 Å². The Balaban J connectivity index is 0.000000982. The van der Waals surface area contributed by atoms with Crippen molar-refractivity contribution in [2.24, 2.45) is 5.41 Å². The number of hydrogen-bond acceptors (Lipinski definition) is 7. The summed E-state index contributed by atoms with van der Waals surface area (Å²) in [4.78, 5) is 73.5. The topological polar surface area (TPSA) is 162 Å². The molecule has 50 heavy (non-hydrogen) atoms. The summed E-state index contributed by atoms with van der Waals surface area (Å²) in [5.41, 5.74) is -0.581. The molecule has 3 aliphatic rings. The maximum Gasteiger partial charge on any atom is 0.271 e. The molecule has 4 rings (SSSR count). The van der Waals surface area contributed by atoms with Gasteiger partial charge in [-0.05, 0) is 37.5 Å². The van der Waals surface area contributed by atoms with Crippen LogP contribution in [0.1, 0.15) is 156 Å². The van der Waals surface area contributed by atoms with Crippen LogP contribution in [0.3, 0.4) is 0 Å². The van der Waals surface area contributed by atoms with Crippen molar-refractivity contribution in [1.29, 1.82) is 0 Å². The molecule has 2 aliphatic carbocycles. The van der Waals surface area contributed by atoms with Crippen molar-refractivity contribution in [2.75, 3.05) is 13.1 Å². The average Bonchev–Trinajstić information content (AvgIpc) is 3.77. The van der Waals surface area contributed by atoms with Gasteiger partial charge in [0.25, 0.3) is 5.91 Å². The van der Waals surface area contributed by atoms with Crippen LogP contribution in [0, 0.1) is 5.41 Å². The molecular formula is C38H67N7O5. The lowest BCUT2D eigenvalue weighted by Gasteiger charge is -2.35. The molecule has 0 aromatic carbocycles. The number of rotatable bonds is 12. The van der Waals surface area contributed by atoms with Crippen molar-refractivity contribution < 1.29 is 24.0 Å². The molecule has 5 amide bonds. The predicted octanol–water partition coefficient (Wildman–Crippen LogP) is 5.47. The van der Waals surface area contributed by atoms with Crippen molar-refractivity contribution in [2.45, 2.75) is 169 Å². The number of nitrogens with one attached hydrogen (secondary N) is 4. The third-order valence-corrected chi connectivity index (χ3v) is 8.32. The Bertz CT molecular complexity index is 1140. The fraction of sp³-hybridized carbons (Fsp3) is 0.763. The van der Waals surface area contributed by atoms with Crippen LogP contribution < -0.4 is 21.3 Å². The van der Waals surface area contributed by atoms with Crippen LogP contribution in [0.4, 0.5) is 0 Å². The molecule has 3 atom stereocenters. The lowest BCUT2D eigenvalue weighted by molar-refractivity contribution is -0.144. The number of aromatic nitrogens is 2. The molecule has 0 bridgehead atoms. The highest BCUT2D eigenvalue weighted by Gasteiger charge is 2.42. The molecule has 0 spiro atoms. The molecule has 2 heterocycles. The van der Waals surface area contributed by atoms with Crippen LogP contribution in [0.5, 0.6) is 0 Å². The van der Waals surface area contributed by atoms with Crippen molar-refractivity contribution in [3.05, 3.63) is 24.3 Å². The summed E-state index contributed by atoms with van der Waals surface area (Å²) in [7, 11) is 0. The Hall–Kier alpha value is -3.57. The van der Waals surface area contributed by atoms with Gasteiger partial charge in [0.1, 0.15) is 17.8 Å². The number of hydrogen-bond donors (Lipinski definition) is 4. The monoisotopic (exact) mass is 702 g/mol. The van der Waals surface area contributed by atoms with Crippen LogP contribution in [0.15, 0.2) is 18.6 Å². The molecule has 1 aliphatic heterocycles. The van der Waals surface area contributed by atoms with Gasteiger partial charge >= 0.3 is 0 Å². The second-order valence-electron chi connectivity index (χ2n) is 14.2. The minimum atomic E-state index is -0.914. The molecule has 3 unspecified atom stereocenters. The number of amides is 5. The Morgan fingerprint density at radius 3 is 1.96 bits per heavy atom. The summed E-state index contributed by atoms with van der Waals surface area (Å²) in [5.74, 6) is -1.80. The molecule has 1 aromatic heterocycles. The summed E-state index contributed by atoms with van der Waals surface area (Å²) < 4.78 is 0. The quantitative estimate of drug-likeness (QED) is 0.225. The number of carbonyl (C=O) groups excluding carboxylic acids is 5. The highest BCUT2D eigenvalue weighted by Crippen LogP contribution is 2.26. The Kier molecular flexibility index (Phi) is 21.8. The lowest BCUT2D eigenvalue weighted by atomic mass is 9.85. The largest absolute Gasteiger partial charge is 0.353 e. The Labute approximate surface area is 301 Å². The smallest absolute Gasteiger partial charge is 0.271 e. The second-order valence-corrected chi connectivity index (χ2v) is 14.2. The zero-order valence-corrected chi connectivity index (χ0v) is 32.2. The van der Waals surface area contributed by atoms with E-state index in [1.807, 2.05) is 41.5 Å². The Morgan fingerprint density at radius 1 is 0.860 bits per heavy atom. The van der Waals surface area contributed by atoms with Gasteiger partial charge in [-0.2, -0.15) is 0 Å². The van der Waals surface area contributed by atoms with Crippen molar-refractivity contribution in [1.82, 2.24) is 36.1 Å². The maximum absolute atomic E-state index is 13.7. The van der Waals surface area contributed by atoms with E-state index < -0.39 is 29.3 Å². The van der Waals surface area contributed by atoms with Crippen LogP contribution in [0.25, 0.3) is 0 Å². The van der Waals surface area contributed by atoms with Crippen molar-refractivity contribution in [3.8, 4) is 0 Å². The third-order valence-electron chi connectivity index (χ3n) is 8.32. The van der Waals surface area contributed by atoms with Gasteiger partial charge in [0, 0.05) is 37.4 Å². The first-order valence-electron chi connectivity index (χ1n) is 19.1. The van der Waals surface area contributed by atoms with E-state index in [0.717, 1.165) is 19.3 Å². The summed E-state index contributed by atoms with van der Waals surface area (Å²) in [6, 6.07) is -1.65. The van der Waals surface area contributed by atoms with E-state index in [2.05, 4.69) is 45.1 Å². The standard InChI is InChI=1S/C27H41N7O5.C6H12.C3H8.C2H6/c1-5-7-18(14-21(35)31-17-9-10-17)32-25(38)20-8-6-13-34(20)26(39)23(27(2,3)4)33-22(36)16-30-24(37)19-15-28-11-12-29-19;1-2-4-6-5-3-1;1-3-2;1-2/h11-12,15,17-18,20,23H,5-10,13-14,16H2,1-4H3,(H,30,37)(H,31,35)(H,32,38)(H,33,36);1-6H2;3H2,1-2H3;1-2H3. The molecule has 4 N–H and O–H groups in total. The van der Waals surface area contributed by atoms with Gasteiger partial charge in [0.2, 0.25) is 23.6 Å². The zero-order valence-electron chi connectivity index (χ0n) is 32.2. The molecule has 12 nitrogen and oxygen atoms in total. The van der Waals surface area contributed by atoms with Crippen LogP contribution >= 0.6 is 0 Å². The molecule has 2 saturated carbocycles. The van der Waals surface area contributed by atoms with E-state index >= 15 is 0 Å². The van der Waals surface area contributed by atoms with Gasteiger partial charge in [0.05, 0.1) is 12.7 Å². The van der Waals surface area contributed by atoms with Gasteiger partial charge < -0.3 is 26.2 Å². The van der Waals surface area contributed by atoms with Crippen LogP contribution in [-0.4, -0.2) is 81.7 Å². The molecule has 12 heteroatoms. The minimum Gasteiger partial charge on any atom is -0.353 e. The molecule has 284 valence electrons. The first kappa shape index (κ1) is 44.5. The van der Waals surface area contributed by atoms with Crippen LogP contribution in [0.2, 0.25) is 0 Å². The summed E-state index contributed by atoms with van der Waals surface area (Å²) in [6.45, 7) is 15.8. The van der Waals surface area contributed by atoms with E-state index in [1.54, 1.807) is 0 Å². The van der Waals surface area contributed by atoms with E-state index in [0.29, 0.717) is 25.8 Å². The van der Waals surface area contributed by atoms with E-state index in [4.69, 9.17) is 0 Å². The first-order chi connectivity index (χ1) is 23.9. The highest BCUT2D eigenvalue weighted by atomic mass is 16.2. The third kappa shape index (κ3) is 17.4. The number of likely N-dealkylation sites (tertiary alicyclic amines) is 1. The number of carbonyl (C=O) groups is 5. The molecule has 3 fully saturated rings. The molecular weight excluding hydrogens is 634 g/mol. The van der Waals surface area contributed by atoms with Crippen molar-refractivity contribution in [3.63, 3.8) is 0 Å². The average molecular weight is 702 g/mol. The van der Waals surface area contributed by atoms with Gasteiger partial charge in [0.15, 0.2) is 0 Å². The van der Waals surface area contributed by atoms with Gasteiger partial charge in [-0.15, -0.1) is 0 Å². The molecule has 1 aromatic rings. The zero-order chi connectivity index (χ0) is 37.5. The summed E-state index contributed by atoms with van der Waals surface area (Å²) >= 11 is 0. The fourth-order valence-corrected chi connectivity index (χ4v) is 5.67. The van der Waals surface area contributed by atoms with Gasteiger partial charge in [-0.25, -0.2) is 4.98 Å². The number of nitrogens with zero attached hydrogens (tertiary/aromatic N) is 3. The second kappa shape index (κ2) is 24.6. The van der Waals surface area contributed by atoms with E-state index in [9.17, 15) is 24.0 Å². The summed E-state index contributed by atoms with van der Waals surface area (Å²) in [5, 5.41) is 11.2. The SMILES string of the molecule is C1CCCCC1.CC.CCC.CCCC(CC(=O)NC1CC1)NC(=O)C1CCCN1C(=O)C(NC(=O)CNC(=O)c1cnccn1)C(C)(C)C. The first-order valence-corrected chi connectivity index (χ1v) is 19.1. The molecule has 1 saturated heterocycles. The van der Waals surface area contributed by atoms with Gasteiger partial charge in [-0.3, -0.25) is 29.0 Å². The maximum atomic E-state index is 13.7. The predicted molar refractivity (Wildman–Crippen MR) is 198 cm³/mol. The summed E-state index contributed by atoms with van der Waals surface area (Å²) in [6.07, 6.45) is 19.2. The highest BCUT2D eigenvalue weighted by molar-refractivity contribution is 5.96. The lowest BCUT2D eigenvalue weighted by Crippen LogP contribution is -2.59. The minimum absolute atomic E-state index is 0.0717. The fourth-order valence-electron chi connectivity index (χ4n) is 5.67. The Morgan fingerprint density at radius 2 is 1.46 bits per heavy atom. The van der Waals surface area contributed by atoms with Crippen LogP contribution in [-0.2, 0) is 19.2 Å². The normalized spacial score (nSPS) is 17.8. The molecule has 0 radical (unpaired) electrons. The van der Waals surface area contributed by atoms with Gasteiger partial charge in [-0.1, -0.05) is 107 Å². The van der Waals surface area contributed by atoms with E-state index in [-0.39, 0.29) is 48.5 Å².